The monoisotopic (exact) mass is 400 g/mol. The summed E-state index contributed by atoms with van der Waals surface area (Å²) in [6.45, 7) is 0. The fourth-order valence-electron chi connectivity index (χ4n) is 3.94. The molecule has 0 N–H and O–H groups in total. The molecule has 0 aliphatic heterocycles. The van der Waals surface area contributed by atoms with E-state index in [1.807, 2.05) is 24.3 Å². The zero-order valence-electron chi connectivity index (χ0n) is 17.6. The van der Waals surface area contributed by atoms with E-state index in [9.17, 15) is 0 Å². The molecule has 3 nitrogen and oxygen atoms in total. The summed E-state index contributed by atoms with van der Waals surface area (Å²) >= 11 is 0. The van der Waals surface area contributed by atoms with Crippen LogP contribution < -0.4 is 14.2 Å². The topological polar surface area (TPSA) is 27.7 Å². The summed E-state index contributed by atoms with van der Waals surface area (Å²) in [6, 6.07) is 24.8. The molecule has 0 aromatic heterocycles. The summed E-state index contributed by atoms with van der Waals surface area (Å²) in [5.41, 5.74) is 4.51. The summed E-state index contributed by atoms with van der Waals surface area (Å²) in [4.78, 5) is 0. The second-order valence-electron chi connectivity index (χ2n) is 7.59. The van der Waals surface area contributed by atoms with Gasteiger partial charge in [-0.15, -0.1) is 0 Å². The molecule has 0 heterocycles. The van der Waals surface area contributed by atoms with Crippen molar-refractivity contribution in [3.63, 3.8) is 0 Å². The predicted molar refractivity (Wildman–Crippen MR) is 122 cm³/mol. The van der Waals surface area contributed by atoms with Gasteiger partial charge in [-0.05, 0) is 78.3 Å². The van der Waals surface area contributed by atoms with Gasteiger partial charge in [0.25, 0.3) is 0 Å². The Morgan fingerprint density at radius 3 is 2.17 bits per heavy atom. The summed E-state index contributed by atoms with van der Waals surface area (Å²) in [7, 11) is 3.38. The molecule has 0 atom stereocenters. The average molecular weight is 401 g/mol. The highest BCUT2D eigenvalue weighted by atomic mass is 16.5. The molecule has 3 aromatic carbocycles. The van der Waals surface area contributed by atoms with Crippen LogP contribution in [0.2, 0.25) is 0 Å². The molecule has 1 aliphatic rings. The molecule has 4 rings (SSSR count). The maximum absolute atomic E-state index is 6.34. The second-order valence-corrected chi connectivity index (χ2v) is 7.59. The first-order valence-corrected chi connectivity index (χ1v) is 10.5. The average Bonchev–Trinajstić information content (AvgIpc) is 3.31. The van der Waals surface area contributed by atoms with Crippen LogP contribution in [0.5, 0.6) is 17.2 Å². The van der Waals surface area contributed by atoms with Crippen LogP contribution in [0.3, 0.4) is 0 Å². The molecule has 0 radical (unpaired) electrons. The third-order valence-corrected chi connectivity index (χ3v) is 5.58. The Hall–Kier alpha value is -3.20. The Balaban J connectivity index is 1.75. The molecule has 0 amide bonds. The second kappa shape index (κ2) is 9.53. The number of methoxy groups -OCH3 is 2. The van der Waals surface area contributed by atoms with E-state index in [4.69, 9.17) is 14.2 Å². The van der Waals surface area contributed by atoms with Gasteiger partial charge in [-0.1, -0.05) is 48.5 Å². The van der Waals surface area contributed by atoms with Crippen molar-refractivity contribution in [2.24, 2.45) is 0 Å². The minimum Gasteiger partial charge on any atom is -0.497 e. The summed E-state index contributed by atoms with van der Waals surface area (Å²) in [5.74, 6) is 2.45. The Kier molecular flexibility index (Phi) is 6.38. The van der Waals surface area contributed by atoms with E-state index in [0.717, 1.165) is 52.4 Å². The van der Waals surface area contributed by atoms with E-state index in [1.54, 1.807) is 14.2 Å². The fourth-order valence-corrected chi connectivity index (χ4v) is 3.94. The molecule has 1 fully saturated rings. The van der Waals surface area contributed by atoms with E-state index in [1.165, 1.54) is 12.8 Å². The van der Waals surface area contributed by atoms with Crippen molar-refractivity contribution in [2.45, 2.75) is 31.8 Å². The first-order chi connectivity index (χ1) is 14.8. The minimum absolute atomic E-state index is 0.278. The fraction of sp³-hybridized carbons (Fsp3) is 0.259. The molecule has 0 bridgehead atoms. The number of ether oxygens (including phenoxy) is 3. The lowest BCUT2D eigenvalue weighted by Gasteiger charge is -2.18. The molecule has 0 unspecified atom stereocenters. The first-order valence-electron chi connectivity index (χ1n) is 10.5. The lowest BCUT2D eigenvalue weighted by molar-refractivity contribution is 0.201. The molecule has 154 valence electrons. The zero-order valence-corrected chi connectivity index (χ0v) is 17.6. The molecule has 1 saturated carbocycles. The molecule has 3 aromatic rings. The van der Waals surface area contributed by atoms with E-state index in [0.29, 0.717) is 0 Å². The lowest BCUT2D eigenvalue weighted by Crippen LogP contribution is -2.11. The van der Waals surface area contributed by atoms with Crippen LogP contribution in [0.4, 0.5) is 0 Å². The highest BCUT2D eigenvalue weighted by molar-refractivity contribution is 5.92. The van der Waals surface area contributed by atoms with Gasteiger partial charge in [0.1, 0.15) is 5.75 Å². The normalized spacial score (nSPS) is 14.5. The van der Waals surface area contributed by atoms with Crippen LogP contribution in [-0.2, 0) is 0 Å². The Bertz CT molecular complexity index is 984. The smallest absolute Gasteiger partial charge is 0.162 e. The van der Waals surface area contributed by atoms with Crippen molar-refractivity contribution in [1.82, 2.24) is 0 Å². The minimum atomic E-state index is 0.278. The molecule has 3 heteroatoms. The van der Waals surface area contributed by atoms with Crippen molar-refractivity contribution in [3.8, 4) is 17.2 Å². The van der Waals surface area contributed by atoms with Crippen molar-refractivity contribution < 1.29 is 14.2 Å². The maximum atomic E-state index is 6.34. The molecule has 0 spiro atoms. The van der Waals surface area contributed by atoms with Crippen LogP contribution >= 0.6 is 0 Å². The Morgan fingerprint density at radius 2 is 1.50 bits per heavy atom. The summed E-state index contributed by atoms with van der Waals surface area (Å²) in [6.07, 6.45) is 7.18. The van der Waals surface area contributed by atoms with Gasteiger partial charge in [0.15, 0.2) is 11.5 Å². The number of hydrogen-bond acceptors (Lipinski definition) is 3. The van der Waals surface area contributed by atoms with Gasteiger partial charge in [-0.3, -0.25) is 0 Å². The van der Waals surface area contributed by atoms with Crippen molar-refractivity contribution >= 4 is 11.6 Å². The third-order valence-electron chi connectivity index (χ3n) is 5.58. The first kappa shape index (κ1) is 20.1. The summed E-state index contributed by atoms with van der Waals surface area (Å²) in [5, 5.41) is 0. The highest BCUT2D eigenvalue weighted by Crippen LogP contribution is 2.36. The molecule has 1 aliphatic carbocycles. The molecular weight excluding hydrogens is 372 g/mol. The zero-order chi connectivity index (χ0) is 20.8. The van der Waals surface area contributed by atoms with E-state index in [2.05, 4.69) is 54.6 Å². The molecular formula is C27H28O3. The van der Waals surface area contributed by atoms with Gasteiger partial charge in [-0.25, -0.2) is 0 Å². The Labute approximate surface area is 178 Å². The maximum Gasteiger partial charge on any atom is 0.162 e. The Morgan fingerprint density at radius 1 is 0.767 bits per heavy atom. The third kappa shape index (κ3) is 4.68. The van der Waals surface area contributed by atoms with Crippen LogP contribution in [-0.4, -0.2) is 20.3 Å². The van der Waals surface area contributed by atoms with Gasteiger partial charge < -0.3 is 14.2 Å². The lowest BCUT2D eigenvalue weighted by atomic mass is 9.95. The summed E-state index contributed by atoms with van der Waals surface area (Å²) < 4.78 is 17.2. The SMILES string of the molecule is COc1ccc(/C=C(\c2ccccc2)c2ccc(OC)c(OC3CCCC3)c2)cc1. The largest absolute Gasteiger partial charge is 0.497 e. The van der Waals surface area contributed by atoms with Crippen LogP contribution in [0.15, 0.2) is 72.8 Å². The van der Waals surface area contributed by atoms with Crippen LogP contribution in [0.1, 0.15) is 42.4 Å². The number of rotatable bonds is 7. The van der Waals surface area contributed by atoms with Gasteiger partial charge in [0.05, 0.1) is 20.3 Å². The standard InChI is InChI=1S/C27H28O3/c1-28-23-15-12-20(13-16-23)18-25(21-8-4-3-5-9-21)22-14-17-26(29-2)27(19-22)30-24-10-6-7-11-24/h3-5,8-9,12-19,24H,6-7,10-11H2,1-2H3/b25-18+. The molecule has 30 heavy (non-hydrogen) atoms. The van der Waals surface area contributed by atoms with Gasteiger partial charge in [-0.2, -0.15) is 0 Å². The van der Waals surface area contributed by atoms with E-state index >= 15 is 0 Å². The van der Waals surface area contributed by atoms with E-state index in [-0.39, 0.29) is 6.10 Å². The van der Waals surface area contributed by atoms with E-state index < -0.39 is 0 Å². The van der Waals surface area contributed by atoms with Gasteiger partial charge >= 0.3 is 0 Å². The highest BCUT2D eigenvalue weighted by Gasteiger charge is 2.19. The van der Waals surface area contributed by atoms with Crippen molar-refractivity contribution in [2.75, 3.05) is 14.2 Å². The van der Waals surface area contributed by atoms with Crippen LogP contribution in [0.25, 0.3) is 11.6 Å². The van der Waals surface area contributed by atoms with Gasteiger partial charge in [0.2, 0.25) is 0 Å². The molecule has 0 saturated heterocycles. The van der Waals surface area contributed by atoms with Crippen LogP contribution in [0, 0.1) is 0 Å². The number of hydrogen-bond donors (Lipinski definition) is 0. The quantitative estimate of drug-likeness (QED) is 0.417. The van der Waals surface area contributed by atoms with Crippen molar-refractivity contribution in [3.05, 3.63) is 89.5 Å². The van der Waals surface area contributed by atoms with Gasteiger partial charge in [0, 0.05) is 0 Å². The van der Waals surface area contributed by atoms with Crippen molar-refractivity contribution in [1.29, 1.82) is 0 Å². The predicted octanol–water partition coefficient (Wildman–Crippen LogP) is 6.61. The number of benzene rings is 3.